The molecule has 30 heavy (non-hydrogen) atoms. The first-order chi connectivity index (χ1) is 14.4. The molecule has 0 radical (unpaired) electrons. The molecule has 0 bridgehead atoms. The molecule has 154 valence electrons. The van der Waals surface area contributed by atoms with Gasteiger partial charge >= 0.3 is 168 Å². The number of fused-ring (bicyclic) bond motifs is 10. The van der Waals surface area contributed by atoms with Gasteiger partial charge in [0.25, 0.3) is 0 Å². The van der Waals surface area contributed by atoms with Crippen LogP contribution < -0.4 is 16.3 Å². The van der Waals surface area contributed by atoms with Crippen LogP contribution in [0.15, 0.2) is 60.7 Å². The molecule has 0 aromatic heterocycles. The van der Waals surface area contributed by atoms with Gasteiger partial charge in [-0.2, -0.15) is 0 Å². The molecule has 2 aromatic rings. The molecule has 12 rings (SSSR count). The summed E-state index contributed by atoms with van der Waals surface area (Å²) >= 11 is 0. The summed E-state index contributed by atoms with van der Waals surface area (Å²) in [6.45, 7) is -1.19. The van der Waals surface area contributed by atoms with Crippen LogP contribution in [0.3, 0.4) is 0 Å². The standard InChI is InChI=1S/C21H21NOP.C5H5.Fe/c1-16(15-21(22)23)19-13-8-14-20(19)24(17-9-4-2-5-10-17)18-11-6-3-7-12-18;1-2-4-5-3-1;/h2-14,16H,15H2,1H3,(H2,22,23);1-5H;. The van der Waals surface area contributed by atoms with Crippen LogP contribution in [0.25, 0.3) is 0 Å². The number of benzene rings is 2. The zero-order valence-electron chi connectivity index (χ0n) is 17.0. The molecule has 2 aromatic carbocycles. The van der Waals surface area contributed by atoms with E-state index in [1.165, 1.54) is 38.5 Å². The average molecular weight is 455 g/mol. The van der Waals surface area contributed by atoms with E-state index in [1.807, 2.05) is 0 Å². The van der Waals surface area contributed by atoms with Crippen LogP contribution in [0, 0.1) is 5.92 Å². The first-order valence-corrected chi connectivity index (χ1v) is 19.3. The molecule has 1 amide bonds. The summed E-state index contributed by atoms with van der Waals surface area (Å²) in [6, 6.07) is 23.3. The van der Waals surface area contributed by atoms with Crippen molar-refractivity contribution in [3.63, 3.8) is 0 Å². The van der Waals surface area contributed by atoms with Crippen LogP contribution in [-0.2, 0) is 11.3 Å². The van der Waals surface area contributed by atoms with E-state index in [4.69, 9.17) is 5.73 Å². The fourth-order valence-electron chi connectivity index (χ4n) is 20.8. The number of rotatable bonds is 6. The van der Waals surface area contributed by atoms with Crippen molar-refractivity contribution in [2.45, 2.75) is 60.2 Å². The van der Waals surface area contributed by atoms with Gasteiger partial charge < -0.3 is 0 Å². The second kappa shape index (κ2) is 1.79. The van der Waals surface area contributed by atoms with Gasteiger partial charge in [0.2, 0.25) is 0 Å². The Morgan fingerprint density at radius 3 is 1.80 bits per heavy atom. The maximum absolute atomic E-state index is 12.2. The number of amides is 1. The van der Waals surface area contributed by atoms with E-state index >= 15 is 0 Å². The topological polar surface area (TPSA) is 43.1 Å². The van der Waals surface area contributed by atoms with E-state index in [0.29, 0.717) is 20.7 Å². The second-order valence-electron chi connectivity index (χ2n) is 14.3. The van der Waals surface area contributed by atoms with E-state index in [-0.39, 0.29) is 13.8 Å². The number of hydrogen-bond donors (Lipinski definition) is 1. The fraction of sp³-hybridized carbons (Fsp3) is 0.500. The average Bonchev–Trinajstić information content (AvgIpc) is 3.69. The first-order valence-electron chi connectivity index (χ1n) is 11.8. The molecule has 2 nitrogen and oxygen atoms in total. The van der Waals surface area contributed by atoms with Crippen molar-refractivity contribution >= 4 is 24.4 Å². The normalized spacial score (nSPS) is 76.1. The van der Waals surface area contributed by atoms with E-state index in [2.05, 4.69) is 67.6 Å². The van der Waals surface area contributed by atoms with Crippen molar-refractivity contribution < 1.29 is 11.3 Å². The Kier molecular flexibility index (Phi) is 0.843. The molecule has 10 aliphatic rings. The van der Waals surface area contributed by atoms with Gasteiger partial charge in [0.15, 0.2) is 0 Å². The summed E-state index contributed by atoms with van der Waals surface area (Å²) in [5.41, 5.74) is 5.86. The first kappa shape index (κ1) is 14.1. The molecule has 5 unspecified atom stereocenters. The number of carbonyl (C=O) groups is 1. The Balaban J connectivity index is 1.25. The predicted octanol–water partition coefficient (Wildman–Crippen LogP) is 5.30. The number of nitrogens with two attached hydrogens (primary N) is 1. The van der Waals surface area contributed by atoms with Crippen molar-refractivity contribution in [2.75, 3.05) is 0 Å². The molecule has 10 aliphatic heterocycles. The van der Waals surface area contributed by atoms with Crippen LogP contribution in [0.4, 0.5) is 0 Å². The third-order valence-corrected chi connectivity index (χ3v) is 68.7. The molecule has 4 heteroatoms. The molecule has 10 heterocycles. The van der Waals surface area contributed by atoms with Crippen LogP contribution in [-0.4, -0.2) is 9.96 Å². The zero-order valence-corrected chi connectivity index (χ0v) is 19.0. The van der Waals surface area contributed by atoms with Gasteiger partial charge in [-0.3, -0.25) is 0 Å². The van der Waals surface area contributed by atoms with Crippen molar-refractivity contribution in [2.24, 2.45) is 11.7 Å². The number of primary amides is 1. The van der Waals surface area contributed by atoms with Gasteiger partial charge in [0.1, 0.15) is 0 Å². The van der Waals surface area contributed by atoms with Gasteiger partial charge in [-0.25, -0.2) is 0 Å². The molecule has 10 saturated heterocycles. The van der Waals surface area contributed by atoms with Crippen LogP contribution in [0.1, 0.15) is 13.3 Å². The molecule has 1 spiro atoms. The summed E-state index contributed by atoms with van der Waals surface area (Å²) in [7, 11) is -0.326. The van der Waals surface area contributed by atoms with E-state index in [1.54, 1.807) is 10.6 Å². The summed E-state index contributed by atoms with van der Waals surface area (Å²) in [6.07, 6.45) is 0.654. The minimum atomic E-state index is -3.67. The fourth-order valence-corrected chi connectivity index (χ4v) is 113. The monoisotopic (exact) mass is 455 g/mol. The second-order valence-corrected chi connectivity index (χ2v) is 40.4. The van der Waals surface area contributed by atoms with Crippen LogP contribution in [0.5, 0.6) is 0 Å². The molecular weight excluding hydrogens is 429 g/mol. The van der Waals surface area contributed by atoms with Crippen molar-refractivity contribution in [1.82, 2.24) is 0 Å². The van der Waals surface area contributed by atoms with Crippen molar-refractivity contribution in [1.29, 1.82) is 0 Å². The number of hydrogen-bond acceptors (Lipinski definition) is 1. The summed E-state index contributed by atoms with van der Waals surface area (Å²) in [5, 5.41) is 3.27. The summed E-state index contributed by atoms with van der Waals surface area (Å²) < 4.78 is 1.32. The van der Waals surface area contributed by atoms with Gasteiger partial charge in [0.05, 0.1) is 0 Å². The minimum absolute atomic E-state index is 0.0441. The Bertz CT molecular complexity index is 1610. The molecular formula is C26H26FeNOP. The molecule has 10 fully saturated rings. The number of carbonyl (C=O) groups excluding carboxylic acids is 1. The van der Waals surface area contributed by atoms with Crippen molar-refractivity contribution in [3.8, 4) is 0 Å². The molecule has 6 atom stereocenters. The zero-order chi connectivity index (χ0) is 19.6. The van der Waals surface area contributed by atoms with E-state index in [9.17, 15) is 4.79 Å². The maximum atomic E-state index is 12.2. The summed E-state index contributed by atoms with van der Waals surface area (Å²) in [4.78, 5) is 22.0. The molecule has 0 saturated carbocycles. The van der Waals surface area contributed by atoms with Gasteiger partial charge in [-0.1, -0.05) is 0 Å². The quantitative estimate of drug-likeness (QED) is 0.467. The van der Waals surface area contributed by atoms with Crippen molar-refractivity contribution in [3.05, 3.63) is 60.7 Å². The SMILES string of the molecule is CC(CC(N)=O)[C@@]12[CH]3[CH]4[CH]5[C]1(P(c1ccccc1)c1ccccc1)[Fe]45321678[CH]2[CH]1[CH]6[CH]7[CH]28. The molecule has 0 aliphatic carbocycles. The van der Waals surface area contributed by atoms with Gasteiger partial charge in [-0.15, -0.1) is 0 Å². The third kappa shape index (κ3) is 0.254. The summed E-state index contributed by atoms with van der Waals surface area (Å²) in [5.74, 6) is 0.508. The van der Waals surface area contributed by atoms with E-state index in [0.717, 1.165) is 0 Å². The van der Waals surface area contributed by atoms with Crippen LogP contribution in [0.2, 0.25) is 42.8 Å². The molecule has 2 N–H and O–H groups in total. The van der Waals surface area contributed by atoms with Gasteiger partial charge in [-0.05, 0) is 0 Å². The van der Waals surface area contributed by atoms with Crippen LogP contribution >= 0.6 is 7.92 Å². The Morgan fingerprint density at radius 2 is 1.40 bits per heavy atom. The Morgan fingerprint density at radius 1 is 0.900 bits per heavy atom. The predicted molar refractivity (Wildman–Crippen MR) is 117 cm³/mol. The third-order valence-electron chi connectivity index (χ3n) is 18.5. The van der Waals surface area contributed by atoms with E-state index < -0.39 is 6.51 Å². The van der Waals surface area contributed by atoms with Gasteiger partial charge in [0, 0.05) is 0 Å². The Labute approximate surface area is 168 Å². The Hall–Kier alpha value is -1.14.